The summed E-state index contributed by atoms with van der Waals surface area (Å²) >= 11 is 0. The largest absolute Gasteiger partial charge is 0.366 e. The summed E-state index contributed by atoms with van der Waals surface area (Å²) < 4.78 is 0. The van der Waals surface area contributed by atoms with Gasteiger partial charge in [-0.25, -0.2) is 0 Å². The number of nitrogens with two attached hydrogens (primary N) is 2. The van der Waals surface area contributed by atoms with E-state index in [4.69, 9.17) is 11.5 Å². The Morgan fingerprint density at radius 1 is 0.955 bits per heavy atom. The number of hydrogen-bond donors (Lipinski definition) is 3. The molecule has 22 heavy (non-hydrogen) atoms. The van der Waals surface area contributed by atoms with E-state index in [1.165, 1.54) is 12.1 Å². The van der Waals surface area contributed by atoms with Gasteiger partial charge in [-0.1, -0.05) is 29.8 Å². The Bertz CT molecular complexity index is 681. The van der Waals surface area contributed by atoms with Gasteiger partial charge < -0.3 is 16.8 Å². The molecule has 0 radical (unpaired) electrons. The maximum Gasteiger partial charge on any atom is 0.249 e. The van der Waals surface area contributed by atoms with Crippen molar-refractivity contribution in [2.75, 3.05) is 14.1 Å². The van der Waals surface area contributed by atoms with Gasteiger partial charge in [0.2, 0.25) is 11.8 Å². The van der Waals surface area contributed by atoms with E-state index in [1.54, 1.807) is 6.07 Å². The fraction of sp³-hybridized carbons (Fsp3) is 0.176. The van der Waals surface area contributed by atoms with Gasteiger partial charge >= 0.3 is 0 Å². The second-order valence-electron chi connectivity index (χ2n) is 4.86. The lowest BCUT2D eigenvalue weighted by molar-refractivity contribution is 0.0989. The summed E-state index contributed by atoms with van der Waals surface area (Å²) in [5.74, 6) is -1.07. The quantitative estimate of drug-likeness (QED) is 0.804. The maximum atomic E-state index is 11.5. The van der Waals surface area contributed by atoms with E-state index in [0.717, 1.165) is 11.1 Å². The van der Waals surface area contributed by atoms with Crippen LogP contribution in [0.4, 0.5) is 0 Å². The van der Waals surface area contributed by atoms with Crippen LogP contribution in [-0.4, -0.2) is 25.9 Å². The fourth-order valence-electron chi connectivity index (χ4n) is 1.96. The van der Waals surface area contributed by atoms with Crippen LogP contribution < -0.4 is 16.8 Å². The second-order valence-corrected chi connectivity index (χ2v) is 4.86. The number of carbonyl (C=O) groups is 2. The molecule has 5 heteroatoms. The zero-order valence-electron chi connectivity index (χ0n) is 13.0. The number of amides is 2. The molecule has 0 aromatic heterocycles. The molecule has 2 amide bonds. The number of benzene rings is 2. The molecule has 5 nitrogen and oxygen atoms in total. The number of rotatable bonds is 3. The summed E-state index contributed by atoms with van der Waals surface area (Å²) in [6, 6.07) is 12.2. The molecule has 116 valence electrons. The Kier molecular flexibility index (Phi) is 6.28. The van der Waals surface area contributed by atoms with Crippen LogP contribution in [0.25, 0.3) is 11.1 Å². The van der Waals surface area contributed by atoms with Gasteiger partial charge in [-0.15, -0.1) is 0 Å². The molecule has 0 aliphatic rings. The maximum absolute atomic E-state index is 11.5. The van der Waals surface area contributed by atoms with Crippen molar-refractivity contribution >= 4 is 11.8 Å². The SMILES string of the molecule is CNC.Cc1cccc(-c2cc(C(N)=O)ccc2C(N)=O)c1. The topological polar surface area (TPSA) is 98.2 Å². The number of nitrogens with one attached hydrogen (secondary N) is 1. The van der Waals surface area contributed by atoms with Crippen LogP contribution in [0, 0.1) is 6.92 Å². The summed E-state index contributed by atoms with van der Waals surface area (Å²) in [5, 5.41) is 2.75. The highest BCUT2D eigenvalue weighted by Gasteiger charge is 2.12. The zero-order valence-corrected chi connectivity index (χ0v) is 13.0. The van der Waals surface area contributed by atoms with Gasteiger partial charge in [0.1, 0.15) is 0 Å². The highest BCUT2D eigenvalue weighted by Crippen LogP contribution is 2.25. The van der Waals surface area contributed by atoms with Gasteiger partial charge in [-0.2, -0.15) is 0 Å². The molecule has 0 atom stereocenters. The molecule has 0 unspecified atom stereocenters. The smallest absolute Gasteiger partial charge is 0.249 e. The summed E-state index contributed by atoms with van der Waals surface area (Å²) in [6.45, 7) is 1.95. The van der Waals surface area contributed by atoms with Gasteiger partial charge in [-0.05, 0) is 50.3 Å². The normalized spacial score (nSPS) is 9.59. The summed E-state index contributed by atoms with van der Waals surface area (Å²) in [4.78, 5) is 22.7. The summed E-state index contributed by atoms with van der Waals surface area (Å²) in [5.41, 5.74) is 13.8. The van der Waals surface area contributed by atoms with Crippen LogP contribution in [0.15, 0.2) is 42.5 Å². The van der Waals surface area contributed by atoms with Crippen molar-refractivity contribution in [2.24, 2.45) is 11.5 Å². The van der Waals surface area contributed by atoms with Crippen molar-refractivity contribution in [1.29, 1.82) is 0 Å². The van der Waals surface area contributed by atoms with Crippen molar-refractivity contribution in [3.8, 4) is 11.1 Å². The minimum Gasteiger partial charge on any atom is -0.366 e. The molecule has 0 aliphatic heterocycles. The van der Waals surface area contributed by atoms with Crippen LogP contribution in [0.2, 0.25) is 0 Å². The molecular weight excluding hydrogens is 278 g/mol. The van der Waals surface area contributed by atoms with Crippen molar-refractivity contribution in [1.82, 2.24) is 5.32 Å². The summed E-state index contributed by atoms with van der Waals surface area (Å²) in [6.07, 6.45) is 0. The summed E-state index contributed by atoms with van der Waals surface area (Å²) in [7, 11) is 3.75. The van der Waals surface area contributed by atoms with E-state index in [2.05, 4.69) is 5.32 Å². The van der Waals surface area contributed by atoms with Crippen molar-refractivity contribution in [2.45, 2.75) is 6.92 Å². The van der Waals surface area contributed by atoms with Crippen molar-refractivity contribution in [3.05, 3.63) is 59.2 Å². The van der Waals surface area contributed by atoms with Crippen molar-refractivity contribution < 1.29 is 9.59 Å². The van der Waals surface area contributed by atoms with Gasteiger partial charge in [0, 0.05) is 11.1 Å². The third-order valence-electron chi connectivity index (χ3n) is 2.90. The Morgan fingerprint density at radius 2 is 1.59 bits per heavy atom. The fourth-order valence-corrected chi connectivity index (χ4v) is 1.96. The van der Waals surface area contributed by atoms with Gasteiger partial charge in [0.25, 0.3) is 0 Å². The number of carbonyl (C=O) groups excluding carboxylic acids is 2. The third kappa shape index (κ3) is 4.43. The van der Waals surface area contributed by atoms with E-state index >= 15 is 0 Å². The molecule has 0 saturated carbocycles. The Labute approximate surface area is 130 Å². The lowest BCUT2D eigenvalue weighted by Crippen LogP contribution is -2.15. The molecule has 0 bridgehead atoms. The first kappa shape index (κ1) is 17.4. The van der Waals surface area contributed by atoms with E-state index in [-0.39, 0.29) is 0 Å². The first-order chi connectivity index (χ1) is 10.4. The minimum absolute atomic E-state index is 0.349. The van der Waals surface area contributed by atoms with Crippen LogP contribution in [-0.2, 0) is 0 Å². The van der Waals surface area contributed by atoms with Gasteiger partial charge in [0.15, 0.2) is 0 Å². The molecule has 2 aromatic carbocycles. The molecule has 0 fully saturated rings. The lowest BCUT2D eigenvalue weighted by Gasteiger charge is -2.09. The number of primary amides is 2. The Balaban J connectivity index is 0.000000745. The highest BCUT2D eigenvalue weighted by atomic mass is 16.1. The molecular formula is C17H21N3O2. The van der Waals surface area contributed by atoms with Gasteiger partial charge in [-0.3, -0.25) is 9.59 Å². The molecule has 2 aromatic rings. The third-order valence-corrected chi connectivity index (χ3v) is 2.90. The minimum atomic E-state index is -0.537. The molecule has 0 heterocycles. The first-order valence-corrected chi connectivity index (χ1v) is 6.79. The van der Waals surface area contributed by atoms with Crippen molar-refractivity contribution in [3.63, 3.8) is 0 Å². The zero-order chi connectivity index (χ0) is 16.7. The van der Waals surface area contributed by atoms with E-state index < -0.39 is 11.8 Å². The second kappa shape index (κ2) is 7.95. The van der Waals surface area contributed by atoms with E-state index in [1.807, 2.05) is 45.3 Å². The first-order valence-electron chi connectivity index (χ1n) is 6.79. The Hall–Kier alpha value is -2.66. The van der Waals surface area contributed by atoms with Crippen LogP contribution in [0.5, 0.6) is 0 Å². The average Bonchev–Trinajstić information content (AvgIpc) is 2.47. The van der Waals surface area contributed by atoms with Gasteiger partial charge in [0.05, 0.1) is 0 Å². The molecule has 0 saturated heterocycles. The van der Waals surface area contributed by atoms with E-state index in [0.29, 0.717) is 16.7 Å². The molecule has 5 N–H and O–H groups in total. The number of aryl methyl sites for hydroxylation is 1. The van der Waals surface area contributed by atoms with Crippen LogP contribution in [0.1, 0.15) is 26.3 Å². The van der Waals surface area contributed by atoms with Crippen LogP contribution in [0.3, 0.4) is 0 Å². The van der Waals surface area contributed by atoms with Crippen LogP contribution >= 0.6 is 0 Å². The van der Waals surface area contributed by atoms with E-state index in [9.17, 15) is 9.59 Å². The number of hydrogen-bond acceptors (Lipinski definition) is 3. The molecule has 2 rings (SSSR count). The predicted molar refractivity (Wildman–Crippen MR) is 88.6 cm³/mol. The molecule has 0 aliphatic carbocycles. The standard InChI is InChI=1S/C15H14N2O2.C2H7N/c1-9-3-2-4-10(7-9)13-8-11(14(16)18)5-6-12(13)15(17)19;1-3-2/h2-8H,1H3,(H2,16,18)(H2,17,19);3H,1-2H3. The highest BCUT2D eigenvalue weighted by molar-refractivity contribution is 6.02. The lowest BCUT2D eigenvalue weighted by atomic mass is 9.95. The molecule has 0 spiro atoms. The Morgan fingerprint density at radius 3 is 2.09 bits per heavy atom. The monoisotopic (exact) mass is 299 g/mol. The predicted octanol–water partition coefficient (Wildman–Crippen LogP) is 1.70. The average molecular weight is 299 g/mol.